The van der Waals surface area contributed by atoms with Crippen LogP contribution in [0.25, 0.3) is 0 Å². The summed E-state index contributed by atoms with van der Waals surface area (Å²) in [6, 6.07) is 8.23. The number of halogens is 1. The number of carbonyl (C=O) groups is 3. The minimum Gasteiger partial charge on any atom is -0.480 e. The fourth-order valence-electron chi connectivity index (χ4n) is 3.88. The van der Waals surface area contributed by atoms with Crippen molar-refractivity contribution < 1.29 is 29.0 Å². The number of carbonyl (C=O) groups excluding carboxylic acids is 2. The van der Waals surface area contributed by atoms with Gasteiger partial charge in [0.15, 0.2) is 0 Å². The normalized spacial score (nSPS) is 15.8. The summed E-state index contributed by atoms with van der Waals surface area (Å²) in [5.41, 5.74) is 0.976. The summed E-state index contributed by atoms with van der Waals surface area (Å²) in [6.07, 6.45) is 4.94. The van der Waals surface area contributed by atoms with Crippen molar-refractivity contribution in [2.45, 2.75) is 71.1 Å². The van der Waals surface area contributed by atoms with Crippen molar-refractivity contribution >= 4 is 30.4 Å². The standard InChI is InChI=1S/C24H36N2O6.ClH/c1-3-31-23(29)21(25-18(2)22(27)28)12-8-7-9-19-13-15-26(16-14-19)24(30)32-17-20-10-5-4-6-11-20;/h4-6,10-11,18-19,21,25H,3,7-9,12-17H2,1-2H3,(H,27,28);1H/t18?,21-;/m0./s1. The highest BCUT2D eigenvalue weighted by Gasteiger charge is 2.26. The molecule has 33 heavy (non-hydrogen) atoms. The third kappa shape index (κ3) is 10.4. The maximum atomic E-state index is 12.3. The van der Waals surface area contributed by atoms with E-state index in [1.165, 1.54) is 6.92 Å². The molecule has 8 nitrogen and oxygen atoms in total. The molecule has 0 aliphatic carbocycles. The van der Waals surface area contributed by atoms with Crippen molar-refractivity contribution in [3.8, 4) is 0 Å². The van der Waals surface area contributed by atoms with E-state index in [9.17, 15) is 14.4 Å². The first-order chi connectivity index (χ1) is 15.4. The van der Waals surface area contributed by atoms with Crippen LogP contribution in [0.15, 0.2) is 30.3 Å². The molecule has 2 rings (SSSR count). The molecule has 1 aliphatic heterocycles. The third-order valence-electron chi connectivity index (χ3n) is 5.83. The van der Waals surface area contributed by atoms with Crippen LogP contribution < -0.4 is 5.32 Å². The van der Waals surface area contributed by atoms with Gasteiger partial charge in [0.2, 0.25) is 0 Å². The fraction of sp³-hybridized carbons (Fsp3) is 0.625. The maximum absolute atomic E-state index is 12.3. The number of carboxylic acids is 1. The predicted octanol–water partition coefficient (Wildman–Crippen LogP) is 4.01. The molecule has 2 N–H and O–H groups in total. The van der Waals surface area contributed by atoms with Gasteiger partial charge in [-0.3, -0.25) is 14.9 Å². The molecule has 2 atom stereocenters. The Hall–Kier alpha value is -2.32. The lowest BCUT2D eigenvalue weighted by Crippen LogP contribution is -2.46. The topological polar surface area (TPSA) is 105 Å². The minimum absolute atomic E-state index is 0. The minimum atomic E-state index is -0.992. The Balaban J connectivity index is 0.00000544. The van der Waals surface area contributed by atoms with E-state index in [1.807, 2.05) is 30.3 Å². The van der Waals surface area contributed by atoms with E-state index in [-0.39, 0.29) is 31.7 Å². The van der Waals surface area contributed by atoms with Gasteiger partial charge in [-0.15, -0.1) is 12.4 Å². The van der Waals surface area contributed by atoms with Crippen LogP contribution in [0.4, 0.5) is 4.79 Å². The van der Waals surface area contributed by atoms with Crippen molar-refractivity contribution in [2.75, 3.05) is 19.7 Å². The van der Waals surface area contributed by atoms with Crippen molar-refractivity contribution in [2.24, 2.45) is 5.92 Å². The molecule has 1 aromatic rings. The first kappa shape index (κ1) is 28.7. The molecular weight excluding hydrogens is 448 g/mol. The Morgan fingerprint density at radius 1 is 1.12 bits per heavy atom. The van der Waals surface area contributed by atoms with E-state index in [0.29, 0.717) is 25.4 Å². The van der Waals surface area contributed by atoms with Crippen molar-refractivity contribution in [1.29, 1.82) is 0 Å². The van der Waals surface area contributed by atoms with Gasteiger partial charge in [-0.2, -0.15) is 0 Å². The Bertz CT molecular complexity index is 725. The van der Waals surface area contributed by atoms with Crippen molar-refractivity contribution in [1.82, 2.24) is 10.2 Å². The number of unbranched alkanes of at least 4 members (excludes halogenated alkanes) is 1. The number of rotatable bonds is 12. The summed E-state index contributed by atoms with van der Waals surface area (Å²) in [7, 11) is 0. The molecule has 1 aliphatic rings. The second-order valence-corrected chi connectivity index (χ2v) is 8.29. The van der Waals surface area contributed by atoms with Gasteiger partial charge in [0.1, 0.15) is 18.7 Å². The zero-order valence-electron chi connectivity index (χ0n) is 19.5. The third-order valence-corrected chi connectivity index (χ3v) is 5.83. The van der Waals surface area contributed by atoms with E-state index >= 15 is 0 Å². The van der Waals surface area contributed by atoms with Crippen LogP contribution in [-0.4, -0.2) is 59.8 Å². The van der Waals surface area contributed by atoms with Crippen molar-refractivity contribution in [3.63, 3.8) is 0 Å². The second-order valence-electron chi connectivity index (χ2n) is 8.29. The summed E-state index contributed by atoms with van der Waals surface area (Å²) in [6.45, 7) is 5.20. The van der Waals surface area contributed by atoms with Gasteiger partial charge in [-0.1, -0.05) is 49.6 Å². The number of nitrogens with zero attached hydrogens (tertiary/aromatic N) is 1. The molecule has 0 bridgehead atoms. The van der Waals surface area contributed by atoms with Gasteiger partial charge in [0.05, 0.1) is 6.61 Å². The van der Waals surface area contributed by atoms with Gasteiger partial charge in [0.25, 0.3) is 0 Å². The van der Waals surface area contributed by atoms with Crippen LogP contribution in [0.2, 0.25) is 0 Å². The first-order valence-corrected chi connectivity index (χ1v) is 11.5. The molecule has 0 saturated carbocycles. The molecule has 1 aromatic carbocycles. The molecular formula is C24H37ClN2O6. The number of aliphatic carboxylic acids is 1. The number of ether oxygens (including phenoxy) is 2. The highest BCUT2D eigenvalue weighted by molar-refractivity contribution is 5.85. The Labute approximate surface area is 202 Å². The molecule has 9 heteroatoms. The highest BCUT2D eigenvalue weighted by atomic mass is 35.5. The van der Waals surface area contributed by atoms with Gasteiger partial charge in [-0.25, -0.2) is 4.79 Å². The fourth-order valence-corrected chi connectivity index (χ4v) is 3.88. The van der Waals surface area contributed by atoms with Gasteiger partial charge < -0.3 is 19.5 Å². The number of nitrogens with one attached hydrogen (secondary N) is 1. The first-order valence-electron chi connectivity index (χ1n) is 11.5. The summed E-state index contributed by atoms with van der Waals surface area (Å²) >= 11 is 0. The summed E-state index contributed by atoms with van der Waals surface area (Å²) in [5.74, 6) is -0.851. The van der Waals surface area contributed by atoms with Crippen LogP contribution in [0.3, 0.4) is 0 Å². The van der Waals surface area contributed by atoms with Crippen LogP contribution in [0.5, 0.6) is 0 Å². The number of esters is 1. The number of hydrogen-bond donors (Lipinski definition) is 2. The Kier molecular flexibility index (Phi) is 13.5. The lowest BCUT2D eigenvalue weighted by atomic mass is 9.91. The number of likely N-dealkylation sites (tertiary alicyclic amines) is 1. The van der Waals surface area contributed by atoms with E-state index in [4.69, 9.17) is 14.6 Å². The Morgan fingerprint density at radius 3 is 2.39 bits per heavy atom. The number of amides is 1. The summed E-state index contributed by atoms with van der Waals surface area (Å²) in [4.78, 5) is 37.3. The molecule has 1 saturated heterocycles. The lowest BCUT2D eigenvalue weighted by Gasteiger charge is -2.31. The van der Waals surface area contributed by atoms with E-state index < -0.39 is 24.0 Å². The zero-order chi connectivity index (χ0) is 23.3. The monoisotopic (exact) mass is 484 g/mol. The SMILES string of the molecule is CCOC(=O)[C@H](CCCCC1CCN(C(=O)OCc2ccccc2)CC1)NC(C)C(=O)O.Cl. The number of piperidine rings is 1. The molecule has 1 unspecified atom stereocenters. The molecule has 186 valence electrons. The number of benzene rings is 1. The molecule has 1 amide bonds. The maximum Gasteiger partial charge on any atom is 0.410 e. The molecule has 0 spiro atoms. The number of carboxylic acid groups (broad SMARTS) is 1. The average Bonchev–Trinajstić information content (AvgIpc) is 2.80. The van der Waals surface area contributed by atoms with E-state index in [1.54, 1.807) is 11.8 Å². The quantitative estimate of drug-likeness (QED) is 0.341. The van der Waals surface area contributed by atoms with Crippen LogP contribution in [-0.2, 0) is 25.7 Å². The number of hydrogen-bond acceptors (Lipinski definition) is 6. The van der Waals surface area contributed by atoms with Gasteiger partial charge in [-0.05, 0) is 44.6 Å². The molecule has 0 aromatic heterocycles. The zero-order valence-corrected chi connectivity index (χ0v) is 20.4. The van der Waals surface area contributed by atoms with Gasteiger partial charge in [0, 0.05) is 13.1 Å². The van der Waals surface area contributed by atoms with E-state index in [0.717, 1.165) is 37.7 Å². The summed E-state index contributed by atoms with van der Waals surface area (Å²) in [5, 5.41) is 11.9. The van der Waals surface area contributed by atoms with Crippen LogP contribution in [0, 0.1) is 5.92 Å². The van der Waals surface area contributed by atoms with Crippen LogP contribution in [0.1, 0.15) is 57.9 Å². The Morgan fingerprint density at radius 2 is 1.79 bits per heavy atom. The summed E-state index contributed by atoms with van der Waals surface area (Å²) < 4.78 is 10.5. The molecule has 1 fully saturated rings. The highest BCUT2D eigenvalue weighted by Crippen LogP contribution is 2.24. The average molecular weight is 485 g/mol. The smallest absolute Gasteiger partial charge is 0.410 e. The largest absolute Gasteiger partial charge is 0.480 e. The predicted molar refractivity (Wildman–Crippen MR) is 127 cm³/mol. The lowest BCUT2D eigenvalue weighted by molar-refractivity contribution is -0.147. The second kappa shape index (κ2) is 15.5. The van der Waals surface area contributed by atoms with Crippen molar-refractivity contribution in [3.05, 3.63) is 35.9 Å². The molecule has 1 heterocycles. The van der Waals surface area contributed by atoms with Gasteiger partial charge >= 0.3 is 18.0 Å². The van der Waals surface area contributed by atoms with Crippen LogP contribution >= 0.6 is 12.4 Å². The van der Waals surface area contributed by atoms with E-state index in [2.05, 4.69) is 5.32 Å². The molecule has 0 radical (unpaired) electrons.